The second-order valence-electron chi connectivity index (χ2n) is 7.10. The molecule has 0 bridgehead atoms. The Balaban J connectivity index is 1.53. The highest BCUT2D eigenvalue weighted by Gasteiger charge is 2.33. The van der Waals surface area contributed by atoms with Crippen molar-refractivity contribution in [2.24, 2.45) is 0 Å². The van der Waals surface area contributed by atoms with E-state index in [9.17, 15) is 4.79 Å². The van der Waals surface area contributed by atoms with E-state index in [1.807, 2.05) is 0 Å². The van der Waals surface area contributed by atoms with Gasteiger partial charge in [-0.05, 0) is 18.2 Å². The molecule has 1 aromatic heterocycles. The van der Waals surface area contributed by atoms with Crippen LogP contribution in [0.3, 0.4) is 0 Å². The van der Waals surface area contributed by atoms with Gasteiger partial charge < -0.3 is 34.5 Å². The van der Waals surface area contributed by atoms with Crippen molar-refractivity contribution < 1.29 is 34.8 Å². The van der Waals surface area contributed by atoms with Gasteiger partial charge in [0.15, 0.2) is 25.8 Å². The van der Waals surface area contributed by atoms with Gasteiger partial charge in [0.1, 0.15) is 12.4 Å². The lowest BCUT2D eigenvalue weighted by molar-refractivity contribution is -0.141. The van der Waals surface area contributed by atoms with E-state index in [1.165, 1.54) is 14.2 Å². The Kier molecular flexibility index (Phi) is 3.51. The summed E-state index contributed by atoms with van der Waals surface area (Å²) in [7, 11) is 2.54. The van der Waals surface area contributed by atoms with Crippen LogP contribution in [0, 0.1) is 0 Å². The van der Waals surface area contributed by atoms with Crippen molar-refractivity contribution in [1.29, 1.82) is 0 Å². The molecule has 2 aliphatic rings. The number of benzene rings is 2. The third-order valence-electron chi connectivity index (χ3n) is 5.09. The maximum Gasteiger partial charge on any atom is 0.267 e. The summed E-state index contributed by atoms with van der Waals surface area (Å²) in [6.45, 7) is -6.66. The van der Waals surface area contributed by atoms with Crippen molar-refractivity contribution in [1.82, 2.24) is 14.9 Å². The summed E-state index contributed by atoms with van der Waals surface area (Å²) < 4.78 is 89.1. The average Bonchev–Trinajstić information content (AvgIpc) is 2.92. The van der Waals surface area contributed by atoms with Gasteiger partial charge in [-0.25, -0.2) is 4.98 Å². The smallest absolute Gasteiger partial charge is 0.267 e. The maximum atomic E-state index is 13.4. The summed E-state index contributed by atoms with van der Waals surface area (Å²) in [6.07, 6.45) is -1.30. The summed E-state index contributed by atoms with van der Waals surface area (Å²) in [5.74, 6) is -1.26. The van der Waals surface area contributed by atoms with Crippen molar-refractivity contribution >= 4 is 28.6 Å². The van der Waals surface area contributed by atoms with Crippen molar-refractivity contribution in [3.05, 3.63) is 36.4 Å². The van der Waals surface area contributed by atoms with Crippen LogP contribution in [0.25, 0.3) is 10.9 Å². The quantitative estimate of drug-likeness (QED) is 0.609. The second kappa shape index (κ2) is 8.53. The number of ether oxygens (including phenoxy) is 4. The molecular weight excluding hydrogens is 426 g/mol. The number of nitrogen functional groups attached to an aromatic ring is 1. The molecule has 10 nitrogen and oxygen atoms in total. The summed E-state index contributed by atoms with van der Waals surface area (Å²) in [5.41, 5.74) is -0.0821. The first-order valence-corrected chi connectivity index (χ1v) is 9.99. The lowest BCUT2D eigenvalue weighted by atomic mass is 10.2. The highest BCUT2D eigenvalue weighted by Crippen LogP contribution is 2.34. The summed E-state index contributed by atoms with van der Waals surface area (Å²) in [6, 6.07) is 5.97. The molecule has 2 aromatic carbocycles. The highest BCUT2D eigenvalue weighted by molar-refractivity contribution is 5.91. The molecule has 10 heteroatoms. The zero-order valence-corrected chi connectivity index (χ0v) is 17.8. The van der Waals surface area contributed by atoms with Crippen molar-refractivity contribution in [2.75, 3.05) is 57.5 Å². The molecule has 1 atom stereocenters. The van der Waals surface area contributed by atoms with Gasteiger partial charge in [0, 0.05) is 37.5 Å². The van der Waals surface area contributed by atoms with E-state index in [2.05, 4.69) is 9.97 Å². The molecule has 2 N–H and O–H groups in total. The minimum atomic E-state index is -2.61. The normalized spacial score (nSPS) is 24.1. The van der Waals surface area contributed by atoms with Crippen LogP contribution in [0.2, 0.25) is 2.82 Å². The van der Waals surface area contributed by atoms with Gasteiger partial charge in [0.2, 0.25) is 12.1 Å². The molecule has 5 rings (SSSR count). The first-order valence-electron chi connectivity index (χ1n) is 13.9. The van der Waals surface area contributed by atoms with E-state index < -0.39 is 43.9 Å². The van der Waals surface area contributed by atoms with Crippen LogP contribution < -0.4 is 29.6 Å². The zero-order valence-electron chi connectivity index (χ0n) is 25.8. The number of para-hydroxylation sites is 2. The molecule has 172 valence electrons. The van der Waals surface area contributed by atoms with E-state index in [1.54, 1.807) is 24.3 Å². The number of amides is 1. The first kappa shape index (κ1) is 13.6. The molecule has 0 saturated carbocycles. The number of hydrogen-bond donors (Lipinski definition) is 1. The monoisotopic (exact) mass is 459 g/mol. The Morgan fingerprint density at radius 1 is 1.18 bits per heavy atom. The van der Waals surface area contributed by atoms with E-state index in [-0.39, 0.29) is 58.5 Å². The second-order valence-corrected chi connectivity index (χ2v) is 7.10. The number of hydrogen-bond acceptors (Lipinski definition) is 9. The van der Waals surface area contributed by atoms with Crippen LogP contribution in [0.15, 0.2) is 36.4 Å². The molecule has 0 spiro atoms. The number of anilines is 2. The van der Waals surface area contributed by atoms with Crippen molar-refractivity contribution in [3.8, 4) is 23.0 Å². The standard InChI is InChI=1S/C23H25N5O5/c1-30-18-11-14-15(12-19(18)31-2)25-23(26-21(14)24)28-9-7-27(8-10-28)22(29)20-13-32-16-5-3-4-6-17(16)33-20/h3-6,11-12,20H,7-10,13H2,1-2H3,(H2,24,25,26)/i7D2,8D2,11D,12D/hD2. The van der Waals surface area contributed by atoms with Crippen molar-refractivity contribution in [2.45, 2.75) is 6.10 Å². The maximum absolute atomic E-state index is 13.4. The molecule has 3 aromatic rings. The number of carbonyl (C=O) groups excluding carboxylic acids is 1. The first-order chi connectivity index (χ1) is 19.3. The van der Waals surface area contributed by atoms with Gasteiger partial charge in [-0.15, -0.1) is 0 Å². The Bertz CT molecular complexity index is 1510. The Hall–Kier alpha value is -3.95. The Morgan fingerprint density at radius 3 is 2.64 bits per heavy atom. The molecule has 1 unspecified atom stereocenters. The van der Waals surface area contributed by atoms with Crippen LogP contribution in [0.1, 0.15) is 8.22 Å². The van der Waals surface area contributed by atoms with Gasteiger partial charge in [0.25, 0.3) is 5.91 Å². The van der Waals surface area contributed by atoms with Crippen LogP contribution in [-0.4, -0.2) is 73.8 Å². The number of piperazine rings is 1. The Morgan fingerprint density at radius 2 is 1.91 bits per heavy atom. The van der Waals surface area contributed by atoms with Gasteiger partial charge in [-0.1, -0.05) is 12.1 Å². The van der Waals surface area contributed by atoms with Crippen LogP contribution in [-0.2, 0) is 4.79 Å². The number of nitrogens with two attached hydrogens (primary N) is 1. The summed E-state index contributed by atoms with van der Waals surface area (Å²) in [4.78, 5) is 23.5. The number of aromatic nitrogens is 2. The molecule has 1 amide bonds. The molecule has 3 heterocycles. The largest absolute Gasteiger partial charge is 0.493 e. The third-order valence-corrected chi connectivity index (χ3v) is 5.09. The van der Waals surface area contributed by atoms with E-state index in [0.29, 0.717) is 10.6 Å². The number of carbonyl (C=O) groups is 1. The summed E-state index contributed by atoms with van der Waals surface area (Å²) in [5, 5.41) is -0.157. The number of methoxy groups -OCH3 is 2. The zero-order chi connectivity index (χ0) is 29.9. The number of nitrogens with zero attached hydrogens (tertiary/aromatic N) is 4. The Labute approximate surface area is 202 Å². The van der Waals surface area contributed by atoms with E-state index >= 15 is 0 Å². The molecule has 1 fully saturated rings. The summed E-state index contributed by atoms with van der Waals surface area (Å²) >= 11 is 0. The fourth-order valence-electron chi connectivity index (χ4n) is 3.41. The minimum absolute atomic E-state index is 0.109. The van der Waals surface area contributed by atoms with E-state index in [0.717, 1.165) is 4.90 Å². The SMILES string of the molecule is [2H]c1c(OC)c(OC)c([2H])c2c(N([2H])[2H])nc(N3CC([2H])([2H])N(C(=O)C4COc5ccccc5O4)C([2H])([2H])C3)nc12. The predicted molar refractivity (Wildman–Crippen MR) is 122 cm³/mol. The fourth-order valence-corrected chi connectivity index (χ4v) is 3.41. The van der Waals surface area contributed by atoms with Gasteiger partial charge >= 0.3 is 0 Å². The number of fused-ring (bicyclic) bond motifs is 2. The molecule has 1 saturated heterocycles. The van der Waals surface area contributed by atoms with Gasteiger partial charge in [0.05, 0.1) is 28.0 Å². The predicted octanol–water partition coefficient (Wildman–Crippen LogP) is 1.72. The van der Waals surface area contributed by atoms with E-state index in [4.69, 9.17) is 30.0 Å². The molecule has 0 aliphatic carbocycles. The minimum Gasteiger partial charge on any atom is -0.493 e. The highest BCUT2D eigenvalue weighted by atomic mass is 16.6. The molecule has 33 heavy (non-hydrogen) atoms. The molecular formula is C23H25N5O5. The molecule has 2 aliphatic heterocycles. The van der Waals surface area contributed by atoms with Crippen LogP contribution in [0.4, 0.5) is 11.8 Å². The topological polar surface area (TPSA) is 112 Å². The number of rotatable bonds is 5. The van der Waals surface area contributed by atoms with Crippen LogP contribution in [0.5, 0.6) is 23.0 Å². The van der Waals surface area contributed by atoms with Crippen LogP contribution >= 0.6 is 0 Å². The lowest BCUT2D eigenvalue weighted by Gasteiger charge is -2.37. The van der Waals surface area contributed by atoms with Gasteiger partial charge in [-0.3, -0.25) is 4.79 Å². The fraction of sp³-hybridized carbons (Fsp3) is 0.348. The lowest BCUT2D eigenvalue weighted by Crippen LogP contribution is -2.54. The third kappa shape index (κ3) is 3.88. The molecule has 0 radical (unpaired) electrons. The van der Waals surface area contributed by atoms with Gasteiger partial charge in [-0.2, -0.15) is 4.98 Å². The van der Waals surface area contributed by atoms with Crippen molar-refractivity contribution in [3.63, 3.8) is 0 Å². The average molecular weight is 460 g/mol.